The van der Waals surface area contributed by atoms with Gasteiger partial charge in [-0.25, -0.2) is 0 Å². The van der Waals surface area contributed by atoms with Crippen LogP contribution in [0.25, 0.3) is 0 Å². The number of nitrogens with one attached hydrogen (secondary N) is 1. The van der Waals surface area contributed by atoms with E-state index in [2.05, 4.69) is 32.2 Å². The number of anilines is 1. The predicted octanol–water partition coefficient (Wildman–Crippen LogP) is 4.63. The summed E-state index contributed by atoms with van der Waals surface area (Å²) in [6.07, 6.45) is 2.66. The number of aryl methyl sites for hydroxylation is 1. The van der Waals surface area contributed by atoms with E-state index in [4.69, 9.17) is 4.42 Å². The fourth-order valence-corrected chi connectivity index (χ4v) is 3.58. The molecule has 0 fully saturated rings. The van der Waals surface area contributed by atoms with Gasteiger partial charge in [0.05, 0.1) is 11.8 Å². The molecule has 21 heavy (non-hydrogen) atoms. The summed E-state index contributed by atoms with van der Waals surface area (Å²) in [7, 11) is 0. The fraction of sp³-hybridized carbons (Fsp3) is 0.389. The van der Waals surface area contributed by atoms with Gasteiger partial charge in [0.25, 0.3) is 5.91 Å². The summed E-state index contributed by atoms with van der Waals surface area (Å²) in [5.41, 5.74) is 4.31. The number of amides is 1. The first kappa shape index (κ1) is 13.9. The Labute approximate surface area is 125 Å². The number of hydrogen-bond acceptors (Lipinski definition) is 2. The van der Waals surface area contributed by atoms with Crippen molar-refractivity contribution in [1.29, 1.82) is 0 Å². The molecule has 110 valence electrons. The van der Waals surface area contributed by atoms with Crippen molar-refractivity contribution in [2.45, 2.75) is 45.4 Å². The molecule has 3 rings (SSSR count). The third-order valence-corrected chi connectivity index (χ3v) is 4.50. The quantitative estimate of drug-likeness (QED) is 0.873. The lowest BCUT2D eigenvalue weighted by Gasteiger charge is -2.19. The average molecular weight is 283 g/mol. The highest BCUT2D eigenvalue weighted by Crippen LogP contribution is 2.48. The molecule has 0 saturated carbocycles. The van der Waals surface area contributed by atoms with E-state index in [9.17, 15) is 4.79 Å². The molecule has 1 aromatic carbocycles. The molecule has 1 unspecified atom stereocenters. The topological polar surface area (TPSA) is 42.2 Å². The molecule has 3 heteroatoms. The van der Waals surface area contributed by atoms with Crippen molar-refractivity contribution in [1.82, 2.24) is 0 Å². The summed E-state index contributed by atoms with van der Waals surface area (Å²) in [6, 6.07) is 7.90. The van der Waals surface area contributed by atoms with E-state index in [1.54, 1.807) is 19.3 Å². The molecule has 1 amide bonds. The van der Waals surface area contributed by atoms with Gasteiger partial charge in [0.1, 0.15) is 5.76 Å². The summed E-state index contributed by atoms with van der Waals surface area (Å²) in [4.78, 5) is 12.4. The van der Waals surface area contributed by atoms with Crippen LogP contribution in [0.3, 0.4) is 0 Å². The maximum absolute atomic E-state index is 12.4. The molecule has 0 radical (unpaired) electrons. The first-order chi connectivity index (χ1) is 9.90. The van der Waals surface area contributed by atoms with E-state index in [0.717, 1.165) is 12.1 Å². The van der Waals surface area contributed by atoms with Crippen LogP contribution in [-0.2, 0) is 5.41 Å². The summed E-state index contributed by atoms with van der Waals surface area (Å²) in [6.45, 7) is 8.56. The van der Waals surface area contributed by atoms with E-state index in [1.807, 2.05) is 12.1 Å². The molecule has 0 aliphatic heterocycles. The van der Waals surface area contributed by atoms with Gasteiger partial charge in [0.2, 0.25) is 0 Å². The average Bonchev–Trinajstić information content (AvgIpc) is 2.92. The Morgan fingerprint density at radius 3 is 2.76 bits per heavy atom. The Balaban J connectivity index is 1.97. The summed E-state index contributed by atoms with van der Waals surface area (Å²) in [5.74, 6) is 0.997. The van der Waals surface area contributed by atoms with Crippen LogP contribution in [0.2, 0.25) is 0 Å². The Morgan fingerprint density at radius 1 is 1.33 bits per heavy atom. The summed E-state index contributed by atoms with van der Waals surface area (Å²) < 4.78 is 5.21. The highest BCUT2D eigenvalue weighted by atomic mass is 16.3. The van der Waals surface area contributed by atoms with Crippen LogP contribution in [0.4, 0.5) is 5.69 Å². The Kier molecular flexibility index (Phi) is 3.16. The molecule has 1 heterocycles. The van der Waals surface area contributed by atoms with Gasteiger partial charge in [-0.15, -0.1) is 0 Å². The number of fused-ring (bicyclic) bond motifs is 1. The van der Waals surface area contributed by atoms with Crippen molar-refractivity contribution in [2.24, 2.45) is 0 Å². The second-order valence-electron chi connectivity index (χ2n) is 6.60. The van der Waals surface area contributed by atoms with Crippen molar-refractivity contribution >= 4 is 11.6 Å². The van der Waals surface area contributed by atoms with E-state index < -0.39 is 0 Å². The third kappa shape index (κ3) is 2.27. The van der Waals surface area contributed by atoms with Crippen LogP contribution >= 0.6 is 0 Å². The lowest BCUT2D eigenvalue weighted by atomic mass is 9.86. The van der Waals surface area contributed by atoms with E-state index in [-0.39, 0.29) is 11.3 Å². The zero-order valence-electron chi connectivity index (χ0n) is 13.0. The highest BCUT2D eigenvalue weighted by Gasteiger charge is 2.36. The minimum absolute atomic E-state index is 0.105. The zero-order valence-corrected chi connectivity index (χ0v) is 13.0. The molecule has 0 bridgehead atoms. The van der Waals surface area contributed by atoms with Crippen LogP contribution in [0, 0.1) is 6.92 Å². The molecule has 1 N–H and O–H groups in total. The smallest absolute Gasteiger partial charge is 0.259 e. The summed E-state index contributed by atoms with van der Waals surface area (Å²) in [5, 5.41) is 3.05. The SMILES string of the molecule is Cc1occc1C(=O)Nc1cccc2c1C(C)CC2(C)C. The van der Waals surface area contributed by atoms with Gasteiger partial charge in [-0.2, -0.15) is 0 Å². The Hall–Kier alpha value is -2.03. The minimum atomic E-state index is -0.105. The van der Waals surface area contributed by atoms with Crippen molar-refractivity contribution in [3.8, 4) is 0 Å². The van der Waals surface area contributed by atoms with Gasteiger partial charge < -0.3 is 9.73 Å². The maximum atomic E-state index is 12.4. The fourth-order valence-electron chi connectivity index (χ4n) is 3.58. The van der Waals surface area contributed by atoms with E-state index in [1.165, 1.54) is 11.1 Å². The number of hydrogen-bond donors (Lipinski definition) is 1. The molecule has 1 atom stereocenters. The van der Waals surface area contributed by atoms with E-state index in [0.29, 0.717) is 17.2 Å². The van der Waals surface area contributed by atoms with Gasteiger partial charge in [-0.1, -0.05) is 32.9 Å². The molecular weight excluding hydrogens is 262 g/mol. The second-order valence-corrected chi connectivity index (χ2v) is 6.60. The Morgan fingerprint density at radius 2 is 2.10 bits per heavy atom. The van der Waals surface area contributed by atoms with Crippen LogP contribution in [0.15, 0.2) is 34.9 Å². The zero-order chi connectivity index (χ0) is 15.2. The Bertz CT molecular complexity index is 697. The van der Waals surface area contributed by atoms with Crippen LogP contribution in [0.5, 0.6) is 0 Å². The maximum Gasteiger partial charge on any atom is 0.259 e. The molecule has 0 saturated heterocycles. The predicted molar refractivity (Wildman–Crippen MR) is 83.9 cm³/mol. The molecule has 1 aliphatic rings. The monoisotopic (exact) mass is 283 g/mol. The second kappa shape index (κ2) is 4.76. The van der Waals surface area contributed by atoms with Gasteiger partial charge in [0, 0.05) is 5.69 Å². The van der Waals surface area contributed by atoms with Crippen LogP contribution < -0.4 is 5.32 Å². The number of carbonyl (C=O) groups is 1. The van der Waals surface area contributed by atoms with Gasteiger partial charge in [0.15, 0.2) is 0 Å². The molecule has 0 spiro atoms. The molecular formula is C18H21NO2. The van der Waals surface area contributed by atoms with Crippen molar-refractivity contribution in [2.75, 3.05) is 5.32 Å². The number of carbonyl (C=O) groups excluding carboxylic acids is 1. The number of rotatable bonds is 2. The minimum Gasteiger partial charge on any atom is -0.469 e. The van der Waals surface area contributed by atoms with Crippen LogP contribution in [-0.4, -0.2) is 5.91 Å². The van der Waals surface area contributed by atoms with Crippen LogP contribution in [0.1, 0.15) is 60.4 Å². The lowest BCUT2D eigenvalue weighted by molar-refractivity contribution is 0.102. The third-order valence-electron chi connectivity index (χ3n) is 4.50. The van der Waals surface area contributed by atoms with Crippen molar-refractivity contribution < 1.29 is 9.21 Å². The van der Waals surface area contributed by atoms with Crippen molar-refractivity contribution in [3.05, 3.63) is 53.0 Å². The van der Waals surface area contributed by atoms with E-state index >= 15 is 0 Å². The summed E-state index contributed by atoms with van der Waals surface area (Å²) >= 11 is 0. The first-order valence-electron chi connectivity index (χ1n) is 7.39. The van der Waals surface area contributed by atoms with Gasteiger partial charge in [-0.05, 0) is 47.9 Å². The lowest BCUT2D eigenvalue weighted by Crippen LogP contribution is -2.15. The molecule has 2 aromatic rings. The molecule has 3 nitrogen and oxygen atoms in total. The molecule has 1 aromatic heterocycles. The first-order valence-corrected chi connectivity index (χ1v) is 7.39. The number of furan rings is 1. The largest absolute Gasteiger partial charge is 0.469 e. The van der Waals surface area contributed by atoms with Gasteiger partial charge in [-0.3, -0.25) is 4.79 Å². The standard InChI is InChI=1S/C18H21NO2/c1-11-10-18(3,4)14-6-5-7-15(16(11)14)19-17(20)13-8-9-21-12(13)2/h5-9,11H,10H2,1-4H3,(H,19,20). The highest BCUT2D eigenvalue weighted by molar-refractivity contribution is 6.05. The molecule has 1 aliphatic carbocycles. The normalized spacial score (nSPS) is 19.3. The van der Waals surface area contributed by atoms with Crippen molar-refractivity contribution in [3.63, 3.8) is 0 Å². The number of benzene rings is 1. The van der Waals surface area contributed by atoms with Gasteiger partial charge >= 0.3 is 0 Å².